The monoisotopic (exact) mass is 265 g/mol. The van der Waals surface area contributed by atoms with E-state index in [0.717, 1.165) is 31.6 Å². The smallest absolute Gasteiger partial charge is 0.222 e. The lowest BCUT2D eigenvalue weighted by atomic mass is 9.98. The predicted molar refractivity (Wildman–Crippen MR) is 71.2 cm³/mol. The van der Waals surface area contributed by atoms with Gasteiger partial charge >= 0.3 is 0 Å². The molecule has 3 unspecified atom stereocenters. The van der Waals surface area contributed by atoms with E-state index in [-0.39, 0.29) is 5.91 Å². The van der Waals surface area contributed by atoms with Gasteiger partial charge in [-0.25, -0.2) is 4.98 Å². The number of hydrogen-bond donors (Lipinski definition) is 1. The van der Waals surface area contributed by atoms with Gasteiger partial charge in [0.15, 0.2) is 0 Å². The van der Waals surface area contributed by atoms with Crippen molar-refractivity contribution in [2.45, 2.75) is 31.7 Å². The minimum Gasteiger partial charge on any atom is -0.342 e. The number of amides is 1. The lowest BCUT2D eigenvalue weighted by Gasteiger charge is -2.18. The molecule has 1 saturated carbocycles. The highest BCUT2D eigenvalue weighted by molar-refractivity contribution is 7.07. The second kappa shape index (κ2) is 4.97. The maximum Gasteiger partial charge on any atom is 0.222 e. The fraction of sp³-hybridized carbons (Fsp3) is 0.692. The van der Waals surface area contributed by atoms with Gasteiger partial charge in [0.2, 0.25) is 5.91 Å². The topological polar surface area (TPSA) is 59.2 Å². The van der Waals surface area contributed by atoms with E-state index in [0.29, 0.717) is 24.3 Å². The molecule has 0 bridgehead atoms. The second-order valence-corrected chi connectivity index (χ2v) is 6.16. The molecule has 1 aromatic rings. The van der Waals surface area contributed by atoms with E-state index in [1.54, 1.807) is 11.3 Å². The summed E-state index contributed by atoms with van der Waals surface area (Å²) in [6.45, 7) is 1.80. The molecule has 1 aliphatic heterocycles. The van der Waals surface area contributed by atoms with E-state index in [1.807, 2.05) is 15.8 Å². The third-order valence-corrected chi connectivity index (χ3v) is 4.98. The summed E-state index contributed by atoms with van der Waals surface area (Å²) < 4.78 is 0. The van der Waals surface area contributed by atoms with Crippen molar-refractivity contribution < 1.29 is 4.79 Å². The Labute approximate surface area is 111 Å². The highest BCUT2D eigenvalue weighted by atomic mass is 32.1. The van der Waals surface area contributed by atoms with Crippen molar-refractivity contribution in [1.82, 2.24) is 9.88 Å². The van der Waals surface area contributed by atoms with Crippen LogP contribution in [-0.2, 0) is 11.2 Å². The summed E-state index contributed by atoms with van der Waals surface area (Å²) >= 11 is 1.58. The number of thiazole rings is 1. The van der Waals surface area contributed by atoms with Gasteiger partial charge in [0.25, 0.3) is 0 Å². The quantitative estimate of drug-likeness (QED) is 0.895. The summed E-state index contributed by atoms with van der Waals surface area (Å²) in [5, 5.41) is 2.02. The number of likely N-dealkylation sites (tertiary alicyclic amines) is 1. The third-order valence-electron chi connectivity index (χ3n) is 4.34. The molecule has 1 saturated heterocycles. The molecule has 3 atom stereocenters. The first kappa shape index (κ1) is 12.1. The molecule has 2 N–H and O–H groups in total. The van der Waals surface area contributed by atoms with E-state index >= 15 is 0 Å². The van der Waals surface area contributed by atoms with Gasteiger partial charge in [-0.2, -0.15) is 0 Å². The van der Waals surface area contributed by atoms with Gasteiger partial charge < -0.3 is 10.6 Å². The highest BCUT2D eigenvalue weighted by Crippen LogP contribution is 2.37. The molecule has 2 fully saturated rings. The summed E-state index contributed by atoms with van der Waals surface area (Å²) in [7, 11) is 0. The second-order valence-electron chi connectivity index (χ2n) is 5.44. The molecular formula is C13H19N3OS. The summed E-state index contributed by atoms with van der Waals surface area (Å²) in [6, 6.07) is 0.311. The fourth-order valence-corrected chi connectivity index (χ4v) is 3.86. The lowest BCUT2D eigenvalue weighted by Crippen LogP contribution is -2.33. The van der Waals surface area contributed by atoms with Crippen molar-refractivity contribution in [3.63, 3.8) is 0 Å². The molecular weight excluding hydrogens is 246 g/mol. The summed E-state index contributed by atoms with van der Waals surface area (Å²) in [5.41, 5.74) is 8.94. The zero-order valence-corrected chi connectivity index (χ0v) is 11.2. The number of hydrogen-bond acceptors (Lipinski definition) is 4. The molecule has 3 rings (SSSR count). The molecule has 0 spiro atoms. The average Bonchev–Trinajstić information content (AvgIpc) is 3.05. The Balaban J connectivity index is 1.52. The molecule has 18 heavy (non-hydrogen) atoms. The number of nitrogens with zero attached hydrogens (tertiary/aromatic N) is 2. The fourth-order valence-electron chi connectivity index (χ4n) is 3.27. The number of rotatable bonds is 3. The number of fused-ring (bicyclic) bond motifs is 1. The zero-order chi connectivity index (χ0) is 12.5. The normalized spacial score (nSPS) is 30.7. The molecule has 2 heterocycles. The minimum absolute atomic E-state index is 0.268. The highest BCUT2D eigenvalue weighted by Gasteiger charge is 2.42. The van der Waals surface area contributed by atoms with Crippen LogP contribution in [0.5, 0.6) is 0 Å². The van der Waals surface area contributed by atoms with Crippen molar-refractivity contribution in [2.24, 2.45) is 17.6 Å². The maximum absolute atomic E-state index is 12.1. The van der Waals surface area contributed by atoms with Gasteiger partial charge in [0, 0.05) is 30.9 Å². The summed E-state index contributed by atoms with van der Waals surface area (Å²) in [5.74, 6) is 1.47. The van der Waals surface area contributed by atoms with Crippen molar-refractivity contribution >= 4 is 17.2 Å². The van der Waals surface area contributed by atoms with Crippen LogP contribution in [0.15, 0.2) is 10.9 Å². The Morgan fingerprint density at radius 3 is 3.11 bits per heavy atom. The molecule has 98 valence electrons. The number of aryl methyl sites for hydroxylation is 1. The first-order valence-corrected chi connectivity index (χ1v) is 7.58. The number of carbonyl (C=O) groups is 1. The van der Waals surface area contributed by atoms with E-state index in [4.69, 9.17) is 5.73 Å². The van der Waals surface area contributed by atoms with Crippen molar-refractivity contribution in [2.75, 3.05) is 13.1 Å². The SMILES string of the molecule is NC1CCC2CN(C(=O)CCc3cscn3)CC12. The Morgan fingerprint density at radius 2 is 2.39 bits per heavy atom. The Hall–Kier alpha value is -0.940. The Kier molecular flexibility index (Phi) is 3.35. The largest absolute Gasteiger partial charge is 0.342 e. The predicted octanol–water partition coefficient (Wildman–Crippen LogP) is 1.27. The molecule has 0 radical (unpaired) electrons. The Morgan fingerprint density at radius 1 is 1.50 bits per heavy atom. The van der Waals surface area contributed by atoms with Gasteiger partial charge in [-0.15, -0.1) is 11.3 Å². The first-order valence-electron chi connectivity index (χ1n) is 6.64. The summed E-state index contributed by atoms with van der Waals surface area (Å²) in [4.78, 5) is 18.4. The van der Waals surface area contributed by atoms with Crippen molar-refractivity contribution in [1.29, 1.82) is 0 Å². The molecule has 2 aliphatic rings. The van der Waals surface area contributed by atoms with Gasteiger partial charge in [-0.05, 0) is 31.1 Å². The first-order chi connectivity index (χ1) is 8.74. The minimum atomic E-state index is 0.268. The zero-order valence-electron chi connectivity index (χ0n) is 10.4. The van der Waals surface area contributed by atoms with E-state index < -0.39 is 0 Å². The molecule has 1 amide bonds. The molecule has 5 heteroatoms. The molecule has 4 nitrogen and oxygen atoms in total. The van der Waals surface area contributed by atoms with Crippen LogP contribution < -0.4 is 5.73 Å². The Bertz CT molecular complexity index is 420. The third kappa shape index (κ3) is 2.29. The van der Waals surface area contributed by atoms with Gasteiger partial charge in [0.05, 0.1) is 11.2 Å². The van der Waals surface area contributed by atoms with Crippen LogP contribution in [-0.4, -0.2) is 34.9 Å². The van der Waals surface area contributed by atoms with Crippen molar-refractivity contribution in [3.05, 3.63) is 16.6 Å². The van der Waals surface area contributed by atoms with Crippen LogP contribution in [0.25, 0.3) is 0 Å². The summed E-state index contributed by atoms with van der Waals surface area (Å²) in [6.07, 6.45) is 3.68. The van der Waals surface area contributed by atoms with Crippen LogP contribution in [0.2, 0.25) is 0 Å². The van der Waals surface area contributed by atoms with Crippen LogP contribution in [0.3, 0.4) is 0 Å². The van der Waals surface area contributed by atoms with Crippen LogP contribution in [0.1, 0.15) is 25.0 Å². The van der Waals surface area contributed by atoms with Crippen LogP contribution >= 0.6 is 11.3 Å². The number of aromatic nitrogens is 1. The van der Waals surface area contributed by atoms with E-state index in [2.05, 4.69) is 4.98 Å². The van der Waals surface area contributed by atoms with Gasteiger partial charge in [0.1, 0.15) is 0 Å². The van der Waals surface area contributed by atoms with E-state index in [1.165, 1.54) is 6.42 Å². The van der Waals surface area contributed by atoms with E-state index in [9.17, 15) is 4.79 Å². The number of nitrogens with two attached hydrogens (primary N) is 1. The standard InChI is InChI=1S/C13H19N3OS/c14-12-3-1-9-5-16(6-11(9)12)13(17)4-2-10-7-18-8-15-10/h7-9,11-12H,1-6,14H2. The van der Waals surface area contributed by atoms with Gasteiger partial charge in [-0.1, -0.05) is 0 Å². The van der Waals surface area contributed by atoms with Crippen LogP contribution in [0, 0.1) is 11.8 Å². The van der Waals surface area contributed by atoms with Crippen LogP contribution in [0.4, 0.5) is 0 Å². The number of carbonyl (C=O) groups excluding carboxylic acids is 1. The maximum atomic E-state index is 12.1. The van der Waals surface area contributed by atoms with Gasteiger partial charge in [-0.3, -0.25) is 4.79 Å². The molecule has 0 aromatic carbocycles. The van der Waals surface area contributed by atoms with Crippen molar-refractivity contribution in [3.8, 4) is 0 Å². The molecule has 1 aliphatic carbocycles. The molecule has 1 aromatic heterocycles. The lowest BCUT2D eigenvalue weighted by molar-refractivity contribution is -0.130. The average molecular weight is 265 g/mol.